The van der Waals surface area contributed by atoms with Crippen LogP contribution in [0, 0.1) is 5.82 Å². The lowest BCUT2D eigenvalue weighted by Crippen LogP contribution is -2.37. The van der Waals surface area contributed by atoms with Gasteiger partial charge in [0.15, 0.2) is 0 Å². The Labute approximate surface area is 161 Å². The van der Waals surface area contributed by atoms with Crippen molar-refractivity contribution in [2.45, 2.75) is 12.5 Å². The first kappa shape index (κ1) is 17.5. The number of aromatic nitrogens is 2. The molecule has 0 aliphatic carbocycles. The van der Waals surface area contributed by atoms with Crippen LogP contribution in [0.1, 0.15) is 16.8 Å². The van der Waals surface area contributed by atoms with Gasteiger partial charge in [-0.2, -0.15) is 5.10 Å². The van der Waals surface area contributed by atoms with Gasteiger partial charge in [-0.15, -0.1) is 0 Å². The molecule has 0 spiro atoms. The highest BCUT2D eigenvalue weighted by Gasteiger charge is 2.26. The summed E-state index contributed by atoms with van der Waals surface area (Å²) in [4.78, 5) is 14.9. The van der Waals surface area contributed by atoms with Gasteiger partial charge in [-0.05, 0) is 36.8 Å². The number of nitrogens with zero attached hydrogens (tertiary/aromatic N) is 2. The van der Waals surface area contributed by atoms with Gasteiger partial charge in [0.1, 0.15) is 5.82 Å². The largest absolute Gasteiger partial charge is 0.369 e. The Morgan fingerprint density at radius 1 is 1.26 bits per heavy atom. The minimum Gasteiger partial charge on any atom is -0.369 e. The molecule has 0 radical (unpaired) electrons. The number of benzene rings is 2. The maximum Gasteiger partial charge on any atom is 0.255 e. The molecule has 1 aromatic heterocycles. The van der Waals surface area contributed by atoms with Gasteiger partial charge in [-0.25, -0.2) is 4.39 Å². The van der Waals surface area contributed by atoms with Crippen molar-refractivity contribution in [2.24, 2.45) is 0 Å². The van der Waals surface area contributed by atoms with E-state index in [-0.39, 0.29) is 11.9 Å². The maximum absolute atomic E-state index is 14.1. The highest BCUT2D eigenvalue weighted by atomic mass is 35.5. The lowest BCUT2D eigenvalue weighted by atomic mass is 10.1. The summed E-state index contributed by atoms with van der Waals surface area (Å²) >= 11 is 6.06. The van der Waals surface area contributed by atoms with E-state index in [0.717, 1.165) is 18.7 Å². The van der Waals surface area contributed by atoms with E-state index >= 15 is 0 Å². The lowest BCUT2D eigenvalue weighted by molar-refractivity contribution is 0.0941. The van der Waals surface area contributed by atoms with Crippen LogP contribution in [0.3, 0.4) is 0 Å². The van der Waals surface area contributed by atoms with Crippen LogP contribution in [-0.4, -0.2) is 35.2 Å². The molecule has 1 fully saturated rings. The molecule has 0 bridgehead atoms. The van der Waals surface area contributed by atoms with Gasteiger partial charge < -0.3 is 10.2 Å². The van der Waals surface area contributed by atoms with Gasteiger partial charge in [0, 0.05) is 35.4 Å². The minimum absolute atomic E-state index is 0.000137. The van der Waals surface area contributed by atoms with Crippen molar-refractivity contribution in [2.75, 3.05) is 18.0 Å². The van der Waals surface area contributed by atoms with E-state index in [1.54, 1.807) is 18.2 Å². The molecular weight excluding hydrogens is 367 g/mol. The number of carbonyl (C=O) groups is 1. The zero-order valence-electron chi connectivity index (χ0n) is 14.5. The predicted octanol–water partition coefficient (Wildman–Crippen LogP) is 3.88. The molecule has 3 aromatic rings. The van der Waals surface area contributed by atoms with Crippen molar-refractivity contribution in [1.29, 1.82) is 0 Å². The third kappa shape index (κ3) is 3.66. The molecule has 138 valence electrons. The second-order valence-corrected chi connectivity index (χ2v) is 6.96. The summed E-state index contributed by atoms with van der Waals surface area (Å²) in [6.07, 6.45) is 2.26. The van der Waals surface area contributed by atoms with Crippen molar-refractivity contribution in [3.63, 3.8) is 0 Å². The Hall–Kier alpha value is -2.86. The molecule has 1 atom stereocenters. The Balaban J connectivity index is 1.47. The Bertz CT molecular complexity index is 974. The number of hydrogen-bond acceptors (Lipinski definition) is 3. The van der Waals surface area contributed by atoms with Crippen LogP contribution in [-0.2, 0) is 0 Å². The van der Waals surface area contributed by atoms with Crippen molar-refractivity contribution in [3.05, 3.63) is 71.1 Å². The average Bonchev–Trinajstić information content (AvgIpc) is 3.31. The van der Waals surface area contributed by atoms with Crippen molar-refractivity contribution >= 4 is 23.2 Å². The SMILES string of the molecule is O=C(NC1CCN(c2cccc(Cl)c2)C1)c1cn[nH]c1-c1ccccc1F. The molecule has 2 heterocycles. The van der Waals surface area contributed by atoms with Crippen LogP contribution in [0.15, 0.2) is 54.7 Å². The molecule has 1 unspecified atom stereocenters. The summed E-state index contributed by atoms with van der Waals surface area (Å²) in [6.45, 7) is 1.52. The third-order valence-corrected chi connectivity index (χ3v) is 4.96. The number of aromatic amines is 1. The van der Waals surface area contributed by atoms with Gasteiger partial charge in [-0.1, -0.05) is 29.8 Å². The molecule has 1 saturated heterocycles. The smallest absolute Gasteiger partial charge is 0.255 e. The molecule has 0 saturated carbocycles. The summed E-state index contributed by atoms with van der Waals surface area (Å²) < 4.78 is 14.1. The first-order chi connectivity index (χ1) is 13.1. The normalized spacial score (nSPS) is 16.5. The van der Waals surface area contributed by atoms with Crippen molar-refractivity contribution < 1.29 is 9.18 Å². The molecule has 1 aliphatic rings. The molecule has 1 aliphatic heterocycles. The van der Waals surface area contributed by atoms with E-state index < -0.39 is 5.82 Å². The van der Waals surface area contributed by atoms with Crippen LogP contribution in [0.25, 0.3) is 11.3 Å². The molecule has 4 rings (SSSR count). The number of hydrogen-bond donors (Lipinski definition) is 2. The standard InChI is InChI=1S/C20H18ClFN4O/c21-13-4-3-5-15(10-13)26-9-8-14(12-26)24-20(27)17-11-23-25-19(17)16-6-1-2-7-18(16)22/h1-7,10-11,14H,8-9,12H2,(H,23,25)(H,24,27). The maximum atomic E-state index is 14.1. The molecular formula is C20H18ClFN4O. The Morgan fingerprint density at radius 3 is 2.93 bits per heavy atom. The highest BCUT2D eigenvalue weighted by molar-refractivity contribution is 6.30. The highest BCUT2D eigenvalue weighted by Crippen LogP contribution is 2.26. The Morgan fingerprint density at radius 2 is 2.11 bits per heavy atom. The summed E-state index contributed by atoms with van der Waals surface area (Å²) in [7, 11) is 0. The van der Waals surface area contributed by atoms with E-state index in [0.29, 0.717) is 28.4 Å². The third-order valence-electron chi connectivity index (χ3n) is 4.72. The number of halogens is 2. The molecule has 2 N–H and O–H groups in total. The molecule has 1 amide bonds. The lowest BCUT2D eigenvalue weighted by Gasteiger charge is -2.19. The predicted molar refractivity (Wildman–Crippen MR) is 104 cm³/mol. The summed E-state index contributed by atoms with van der Waals surface area (Å²) in [5.74, 6) is -0.663. The zero-order chi connectivity index (χ0) is 18.8. The average molecular weight is 385 g/mol. The first-order valence-corrected chi connectivity index (χ1v) is 9.09. The fourth-order valence-corrected chi connectivity index (χ4v) is 3.56. The molecule has 2 aromatic carbocycles. The summed E-state index contributed by atoms with van der Waals surface area (Å²) in [6, 6.07) is 14.0. The number of rotatable bonds is 4. The van der Waals surface area contributed by atoms with Crippen LogP contribution in [0.5, 0.6) is 0 Å². The molecule has 5 nitrogen and oxygen atoms in total. The minimum atomic E-state index is -0.399. The van der Waals surface area contributed by atoms with E-state index in [2.05, 4.69) is 20.4 Å². The second-order valence-electron chi connectivity index (χ2n) is 6.52. The van der Waals surface area contributed by atoms with Crippen molar-refractivity contribution in [3.8, 4) is 11.3 Å². The topological polar surface area (TPSA) is 61.0 Å². The monoisotopic (exact) mass is 384 g/mol. The number of anilines is 1. The number of amides is 1. The fourth-order valence-electron chi connectivity index (χ4n) is 3.38. The quantitative estimate of drug-likeness (QED) is 0.717. The van der Waals surface area contributed by atoms with Gasteiger partial charge in [0.05, 0.1) is 17.5 Å². The van der Waals surface area contributed by atoms with E-state index in [4.69, 9.17) is 11.6 Å². The summed E-state index contributed by atoms with van der Waals surface area (Å²) in [5, 5.41) is 10.4. The Kier molecular flexibility index (Phi) is 4.81. The number of nitrogens with one attached hydrogen (secondary N) is 2. The van der Waals surface area contributed by atoms with Gasteiger partial charge >= 0.3 is 0 Å². The molecule has 7 heteroatoms. The van der Waals surface area contributed by atoms with Gasteiger partial charge in [-0.3, -0.25) is 9.89 Å². The van der Waals surface area contributed by atoms with Crippen LogP contribution in [0.4, 0.5) is 10.1 Å². The second kappa shape index (κ2) is 7.40. The van der Waals surface area contributed by atoms with Gasteiger partial charge in [0.25, 0.3) is 5.91 Å². The zero-order valence-corrected chi connectivity index (χ0v) is 15.2. The number of H-pyrrole nitrogens is 1. The number of carbonyl (C=O) groups excluding carboxylic acids is 1. The van der Waals surface area contributed by atoms with Gasteiger partial charge in [0.2, 0.25) is 0 Å². The van der Waals surface area contributed by atoms with Crippen LogP contribution >= 0.6 is 11.6 Å². The fraction of sp³-hybridized carbons (Fsp3) is 0.200. The summed E-state index contributed by atoms with van der Waals surface area (Å²) in [5.41, 5.74) is 2.08. The first-order valence-electron chi connectivity index (χ1n) is 8.71. The van der Waals surface area contributed by atoms with E-state index in [9.17, 15) is 9.18 Å². The van der Waals surface area contributed by atoms with Crippen molar-refractivity contribution in [1.82, 2.24) is 15.5 Å². The van der Waals surface area contributed by atoms with E-state index in [1.807, 2.05) is 24.3 Å². The molecule has 27 heavy (non-hydrogen) atoms. The van der Waals surface area contributed by atoms with Crippen LogP contribution in [0.2, 0.25) is 5.02 Å². The van der Waals surface area contributed by atoms with E-state index in [1.165, 1.54) is 12.3 Å². The van der Waals surface area contributed by atoms with Crippen LogP contribution < -0.4 is 10.2 Å².